The van der Waals surface area contributed by atoms with E-state index in [1.54, 1.807) is 54.7 Å². The maximum Gasteiger partial charge on any atom is 0.331 e. The highest BCUT2D eigenvalue weighted by molar-refractivity contribution is 5.87. The van der Waals surface area contributed by atoms with E-state index in [2.05, 4.69) is 15.9 Å². The molecule has 0 unspecified atom stereocenters. The predicted octanol–water partition coefficient (Wildman–Crippen LogP) is 2.99. The van der Waals surface area contributed by atoms with E-state index in [0.717, 1.165) is 0 Å². The van der Waals surface area contributed by atoms with Gasteiger partial charge in [-0.1, -0.05) is 42.5 Å². The minimum Gasteiger partial charge on any atom is -0.478 e. The van der Waals surface area contributed by atoms with Gasteiger partial charge in [-0.2, -0.15) is 0 Å². The summed E-state index contributed by atoms with van der Waals surface area (Å²) in [4.78, 5) is 15.8. The Hall–Kier alpha value is -2.89. The van der Waals surface area contributed by atoms with Crippen molar-refractivity contribution in [1.29, 1.82) is 0 Å². The summed E-state index contributed by atoms with van der Waals surface area (Å²) in [5.41, 5.74) is 2.54. The van der Waals surface area contributed by atoms with Crippen LogP contribution >= 0.6 is 0 Å². The molecule has 0 aromatic heterocycles. The SMILES string of the molecule is O=C(O)C1=CC=CC=CC=CN=NNOC=CC=CC1. The molecule has 0 radical (unpaired) electrons. The van der Waals surface area contributed by atoms with Crippen molar-refractivity contribution in [2.45, 2.75) is 6.42 Å². The maximum absolute atomic E-state index is 11.0. The molecule has 1 aliphatic rings. The molecule has 0 atom stereocenters. The highest BCUT2D eigenvalue weighted by Crippen LogP contribution is 2.03. The van der Waals surface area contributed by atoms with Crippen molar-refractivity contribution in [3.63, 3.8) is 0 Å². The maximum atomic E-state index is 11.0. The van der Waals surface area contributed by atoms with E-state index in [-0.39, 0.29) is 0 Å². The van der Waals surface area contributed by atoms with Gasteiger partial charge in [0.05, 0.1) is 6.20 Å². The van der Waals surface area contributed by atoms with Crippen LogP contribution in [0.15, 0.2) is 83.1 Å². The fourth-order valence-corrected chi connectivity index (χ4v) is 1.15. The quantitative estimate of drug-likeness (QED) is 0.769. The van der Waals surface area contributed by atoms with Crippen molar-refractivity contribution in [2.24, 2.45) is 10.3 Å². The van der Waals surface area contributed by atoms with Gasteiger partial charge in [-0.05, 0) is 23.8 Å². The van der Waals surface area contributed by atoms with Gasteiger partial charge in [0, 0.05) is 5.57 Å². The fourth-order valence-electron chi connectivity index (χ4n) is 1.15. The normalized spacial score (nSPS) is 16.1. The molecular weight excluding hydrogens is 258 g/mol. The van der Waals surface area contributed by atoms with Gasteiger partial charge in [0.25, 0.3) is 0 Å². The van der Waals surface area contributed by atoms with Gasteiger partial charge >= 0.3 is 5.97 Å². The van der Waals surface area contributed by atoms with Crippen LogP contribution in [0.25, 0.3) is 0 Å². The molecule has 6 heteroatoms. The lowest BCUT2D eigenvalue weighted by Crippen LogP contribution is -1.99. The van der Waals surface area contributed by atoms with Crippen molar-refractivity contribution in [3.05, 3.63) is 72.7 Å². The summed E-state index contributed by atoms with van der Waals surface area (Å²) in [6.45, 7) is 0. The van der Waals surface area contributed by atoms with E-state index >= 15 is 0 Å². The van der Waals surface area contributed by atoms with Crippen LogP contribution in [-0.2, 0) is 9.63 Å². The number of carboxylic acids is 1. The molecule has 0 aliphatic carbocycles. The first kappa shape index (κ1) is 15.2. The molecule has 104 valence electrons. The number of nitrogens with zero attached hydrogens (tertiary/aromatic N) is 2. The van der Waals surface area contributed by atoms with Crippen molar-refractivity contribution >= 4 is 5.97 Å². The molecule has 0 aromatic rings. The zero-order chi connectivity index (χ0) is 14.5. The lowest BCUT2D eigenvalue weighted by Gasteiger charge is -1.95. The lowest BCUT2D eigenvalue weighted by atomic mass is 10.1. The van der Waals surface area contributed by atoms with Gasteiger partial charge in [-0.25, -0.2) is 4.79 Å². The van der Waals surface area contributed by atoms with E-state index in [1.165, 1.54) is 12.5 Å². The molecule has 0 amide bonds. The molecule has 20 heavy (non-hydrogen) atoms. The number of aliphatic carboxylic acids is 1. The fraction of sp³-hybridized carbons (Fsp3) is 0.0714. The van der Waals surface area contributed by atoms with Gasteiger partial charge in [-0.15, -0.1) is 10.7 Å². The Morgan fingerprint density at radius 3 is 2.80 bits per heavy atom. The third kappa shape index (κ3) is 7.44. The minimum absolute atomic E-state index is 0.295. The Labute approximate surface area is 116 Å². The Balaban J connectivity index is 2.79. The van der Waals surface area contributed by atoms with Crippen molar-refractivity contribution in [2.75, 3.05) is 0 Å². The molecule has 0 spiro atoms. The Bertz CT molecular complexity index is 512. The molecular formula is C14H15N3O3. The van der Waals surface area contributed by atoms with E-state index in [4.69, 9.17) is 9.94 Å². The standard InChI is InChI=1S/C14H15N3O3/c18-14(19)13-9-5-2-1-3-7-11-15-16-17-20-12-8-4-6-10-13/h1-9,11-12H,10H2,(H,15,17)(H,18,19). The van der Waals surface area contributed by atoms with Crippen LogP contribution in [0.5, 0.6) is 0 Å². The third-order valence-corrected chi connectivity index (χ3v) is 2.05. The van der Waals surface area contributed by atoms with E-state index < -0.39 is 5.97 Å². The zero-order valence-corrected chi connectivity index (χ0v) is 10.7. The van der Waals surface area contributed by atoms with E-state index in [0.29, 0.717) is 12.0 Å². The highest BCUT2D eigenvalue weighted by atomic mass is 16.7. The van der Waals surface area contributed by atoms with Crippen LogP contribution in [0.4, 0.5) is 0 Å². The summed E-state index contributed by atoms with van der Waals surface area (Å²) in [7, 11) is 0. The summed E-state index contributed by atoms with van der Waals surface area (Å²) >= 11 is 0. The Morgan fingerprint density at radius 2 is 1.95 bits per heavy atom. The third-order valence-electron chi connectivity index (χ3n) is 2.05. The number of carboxylic acid groups (broad SMARTS) is 1. The molecule has 0 fully saturated rings. The second kappa shape index (κ2) is 10.1. The summed E-state index contributed by atoms with van der Waals surface area (Å²) in [6, 6.07) is 0. The molecule has 6 nitrogen and oxygen atoms in total. The first-order valence-corrected chi connectivity index (χ1v) is 5.85. The van der Waals surface area contributed by atoms with Gasteiger partial charge < -0.3 is 9.94 Å². The monoisotopic (exact) mass is 273 g/mol. The minimum atomic E-state index is -0.944. The van der Waals surface area contributed by atoms with Gasteiger partial charge in [0.15, 0.2) is 0 Å². The largest absolute Gasteiger partial charge is 0.478 e. The lowest BCUT2D eigenvalue weighted by molar-refractivity contribution is -0.132. The summed E-state index contributed by atoms with van der Waals surface area (Å²) in [5, 5.41) is 16.2. The van der Waals surface area contributed by atoms with Crippen LogP contribution < -0.4 is 5.59 Å². The van der Waals surface area contributed by atoms with Crippen LogP contribution in [0.2, 0.25) is 0 Å². The number of hydrogen-bond donors (Lipinski definition) is 2. The number of carbonyl (C=O) groups is 1. The second-order valence-corrected chi connectivity index (χ2v) is 3.49. The number of hydrogen-bond acceptors (Lipinski definition) is 5. The van der Waals surface area contributed by atoms with E-state index in [9.17, 15) is 4.79 Å². The topological polar surface area (TPSA) is 83.3 Å². The average Bonchev–Trinajstić information content (AvgIpc) is 2.43. The van der Waals surface area contributed by atoms with E-state index in [1.807, 2.05) is 0 Å². The summed E-state index contributed by atoms with van der Waals surface area (Å²) < 4.78 is 0. The van der Waals surface area contributed by atoms with Gasteiger partial charge in [0.2, 0.25) is 0 Å². The predicted molar refractivity (Wildman–Crippen MR) is 75.1 cm³/mol. The highest BCUT2D eigenvalue weighted by Gasteiger charge is 2.02. The van der Waals surface area contributed by atoms with Crippen molar-refractivity contribution in [3.8, 4) is 0 Å². The Kier molecular flexibility index (Phi) is 7.64. The molecule has 0 aromatic carbocycles. The summed E-state index contributed by atoms with van der Waals surface area (Å²) in [6.07, 6.45) is 18.3. The Morgan fingerprint density at radius 1 is 1.15 bits per heavy atom. The zero-order valence-electron chi connectivity index (χ0n) is 10.7. The van der Waals surface area contributed by atoms with Crippen LogP contribution in [0, 0.1) is 0 Å². The molecule has 0 saturated heterocycles. The molecule has 2 N–H and O–H groups in total. The molecule has 0 bridgehead atoms. The number of rotatable bonds is 1. The smallest absolute Gasteiger partial charge is 0.331 e. The van der Waals surface area contributed by atoms with Crippen molar-refractivity contribution in [1.82, 2.24) is 5.59 Å². The first-order valence-electron chi connectivity index (χ1n) is 5.85. The number of allylic oxidation sites excluding steroid dienone is 9. The molecule has 1 heterocycles. The second-order valence-electron chi connectivity index (χ2n) is 3.49. The van der Waals surface area contributed by atoms with Gasteiger partial charge in [-0.3, -0.25) is 0 Å². The van der Waals surface area contributed by atoms with Crippen LogP contribution in [0.3, 0.4) is 0 Å². The first-order chi connectivity index (χ1) is 9.80. The summed E-state index contributed by atoms with van der Waals surface area (Å²) in [5.74, 6) is -0.944. The van der Waals surface area contributed by atoms with Crippen LogP contribution in [-0.4, -0.2) is 11.1 Å². The van der Waals surface area contributed by atoms with Crippen LogP contribution in [0.1, 0.15) is 6.42 Å². The number of nitrogens with one attached hydrogen (secondary N) is 1. The van der Waals surface area contributed by atoms with Gasteiger partial charge in [0.1, 0.15) is 6.26 Å². The molecule has 0 saturated carbocycles. The van der Waals surface area contributed by atoms with Crippen molar-refractivity contribution < 1.29 is 14.7 Å². The average molecular weight is 273 g/mol. The molecule has 1 rings (SSSR count). The molecule has 1 aliphatic heterocycles.